The van der Waals surface area contributed by atoms with E-state index in [0.29, 0.717) is 21.3 Å². The van der Waals surface area contributed by atoms with Gasteiger partial charge in [0.15, 0.2) is 6.61 Å². The van der Waals surface area contributed by atoms with Gasteiger partial charge in [0.25, 0.3) is 5.91 Å². The number of halogens is 2. The van der Waals surface area contributed by atoms with Gasteiger partial charge in [0, 0.05) is 5.69 Å². The number of rotatable bonds is 4. The molecule has 2 aromatic carbocycles. The molecule has 0 radical (unpaired) electrons. The van der Waals surface area contributed by atoms with Crippen molar-refractivity contribution in [2.75, 3.05) is 11.9 Å². The molecule has 1 N–H and O–H groups in total. The molecule has 0 heterocycles. The first-order chi connectivity index (χ1) is 10.1. The smallest absolute Gasteiger partial charge is 0.338 e. The summed E-state index contributed by atoms with van der Waals surface area (Å²) in [5.74, 6) is -1.02. The summed E-state index contributed by atoms with van der Waals surface area (Å²) in [5, 5.41) is 3.28. The summed E-state index contributed by atoms with van der Waals surface area (Å²) in [7, 11) is 0. The molecule has 2 rings (SSSR count). The fourth-order valence-corrected chi connectivity index (χ4v) is 1.86. The summed E-state index contributed by atoms with van der Waals surface area (Å²) in [5.41, 5.74) is 0.866. The van der Waals surface area contributed by atoms with Crippen LogP contribution in [0.4, 0.5) is 5.69 Å². The Balaban J connectivity index is 1.87. The summed E-state index contributed by atoms with van der Waals surface area (Å²) in [6.07, 6.45) is 0. The fourth-order valence-electron chi connectivity index (χ4n) is 1.56. The minimum absolute atomic E-state index is 0.329. The van der Waals surface area contributed by atoms with E-state index in [9.17, 15) is 9.59 Å². The molecule has 21 heavy (non-hydrogen) atoms. The van der Waals surface area contributed by atoms with Crippen LogP contribution in [0.1, 0.15) is 10.4 Å². The minimum Gasteiger partial charge on any atom is -0.452 e. The Morgan fingerprint density at radius 2 is 1.71 bits per heavy atom. The Morgan fingerprint density at radius 1 is 1.00 bits per heavy atom. The Labute approximate surface area is 131 Å². The number of amides is 1. The summed E-state index contributed by atoms with van der Waals surface area (Å²) in [6, 6.07) is 13.1. The quantitative estimate of drug-likeness (QED) is 0.871. The van der Waals surface area contributed by atoms with Crippen molar-refractivity contribution in [2.45, 2.75) is 0 Å². The first-order valence-electron chi connectivity index (χ1n) is 6.03. The largest absolute Gasteiger partial charge is 0.452 e. The van der Waals surface area contributed by atoms with Crippen molar-refractivity contribution in [3.63, 3.8) is 0 Å². The number of carbonyl (C=O) groups is 2. The van der Waals surface area contributed by atoms with E-state index in [4.69, 9.17) is 27.9 Å². The zero-order valence-electron chi connectivity index (χ0n) is 10.8. The van der Waals surface area contributed by atoms with E-state index in [1.165, 1.54) is 6.07 Å². The highest BCUT2D eigenvalue weighted by atomic mass is 35.5. The molecule has 108 valence electrons. The lowest BCUT2D eigenvalue weighted by molar-refractivity contribution is -0.119. The second-order valence-corrected chi connectivity index (χ2v) is 4.93. The maximum absolute atomic E-state index is 11.7. The molecule has 4 nitrogen and oxygen atoms in total. The molecule has 0 fully saturated rings. The third kappa shape index (κ3) is 4.48. The molecule has 0 atom stereocenters. The number of benzene rings is 2. The number of hydrogen-bond donors (Lipinski definition) is 1. The van der Waals surface area contributed by atoms with E-state index < -0.39 is 11.9 Å². The number of nitrogens with one attached hydrogen (secondary N) is 1. The molecule has 1 amide bonds. The highest BCUT2D eigenvalue weighted by Gasteiger charge is 2.10. The zero-order valence-corrected chi connectivity index (χ0v) is 12.3. The monoisotopic (exact) mass is 323 g/mol. The summed E-state index contributed by atoms with van der Waals surface area (Å²) < 4.78 is 4.91. The average molecular weight is 324 g/mol. The van der Waals surface area contributed by atoms with Crippen LogP contribution < -0.4 is 5.32 Å². The van der Waals surface area contributed by atoms with Gasteiger partial charge in [0.1, 0.15) is 0 Å². The predicted molar refractivity (Wildman–Crippen MR) is 81.8 cm³/mol. The Hall–Kier alpha value is -2.04. The predicted octanol–water partition coefficient (Wildman–Crippen LogP) is 3.79. The Bertz CT molecular complexity index is 659. The Morgan fingerprint density at radius 3 is 2.38 bits per heavy atom. The average Bonchev–Trinajstić information content (AvgIpc) is 2.49. The molecule has 0 aliphatic carbocycles. The molecule has 0 saturated heterocycles. The molecule has 0 aliphatic rings. The van der Waals surface area contributed by atoms with Gasteiger partial charge in [-0.25, -0.2) is 4.79 Å². The molecule has 0 bridgehead atoms. The van der Waals surface area contributed by atoms with Crippen LogP contribution in [-0.2, 0) is 9.53 Å². The zero-order chi connectivity index (χ0) is 15.2. The van der Waals surface area contributed by atoms with Gasteiger partial charge in [0.05, 0.1) is 15.6 Å². The van der Waals surface area contributed by atoms with Gasteiger partial charge in [-0.3, -0.25) is 4.79 Å². The van der Waals surface area contributed by atoms with Gasteiger partial charge in [-0.2, -0.15) is 0 Å². The highest BCUT2D eigenvalue weighted by molar-refractivity contribution is 6.42. The van der Waals surface area contributed by atoms with Gasteiger partial charge in [-0.05, 0) is 30.3 Å². The number of anilines is 1. The maximum atomic E-state index is 11.7. The molecule has 0 aliphatic heterocycles. The van der Waals surface area contributed by atoms with E-state index in [-0.39, 0.29) is 6.61 Å². The lowest BCUT2D eigenvalue weighted by atomic mass is 10.2. The lowest BCUT2D eigenvalue weighted by Crippen LogP contribution is -2.20. The number of hydrogen-bond acceptors (Lipinski definition) is 3. The standard InChI is InChI=1S/C15H11Cl2NO3/c16-12-7-6-11(8-13(12)17)18-14(19)9-21-15(20)10-4-2-1-3-5-10/h1-8H,9H2,(H,18,19). The van der Waals surface area contributed by atoms with Crippen LogP contribution in [0.15, 0.2) is 48.5 Å². The van der Waals surface area contributed by atoms with Crippen LogP contribution in [0.25, 0.3) is 0 Å². The second-order valence-electron chi connectivity index (χ2n) is 4.12. The van der Waals surface area contributed by atoms with Gasteiger partial charge >= 0.3 is 5.97 Å². The van der Waals surface area contributed by atoms with E-state index >= 15 is 0 Å². The lowest BCUT2D eigenvalue weighted by Gasteiger charge is -2.07. The van der Waals surface area contributed by atoms with E-state index in [0.717, 1.165) is 0 Å². The van der Waals surface area contributed by atoms with Crippen LogP contribution in [-0.4, -0.2) is 18.5 Å². The number of esters is 1. The van der Waals surface area contributed by atoms with E-state index in [1.807, 2.05) is 0 Å². The molecule has 2 aromatic rings. The van der Waals surface area contributed by atoms with Gasteiger partial charge in [0.2, 0.25) is 0 Å². The van der Waals surface area contributed by atoms with Crippen LogP contribution >= 0.6 is 23.2 Å². The highest BCUT2D eigenvalue weighted by Crippen LogP contribution is 2.24. The van der Waals surface area contributed by atoms with Crippen molar-refractivity contribution in [1.82, 2.24) is 0 Å². The van der Waals surface area contributed by atoms with Crippen LogP contribution in [0, 0.1) is 0 Å². The first-order valence-corrected chi connectivity index (χ1v) is 6.79. The van der Waals surface area contributed by atoms with Crippen molar-refractivity contribution in [1.29, 1.82) is 0 Å². The van der Waals surface area contributed by atoms with Crippen molar-refractivity contribution < 1.29 is 14.3 Å². The van der Waals surface area contributed by atoms with Crippen molar-refractivity contribution in [2.24, 2.45) is 0 Å². The molecular weight excluding hydrogens is 313 g/mol. The third-order valence-electron chi connectivity index (χ3n) is 2.55. The van der Waals surface area contributed by atoms with Gasteiger partial charge < -0.3 is 10.1 Å². The van der Waals surface area contributed by atoms with Crippen molar-refractivity contribution >= 4 is 40.8 Å². The molecular formula is C15H11Cl2NO3. The van der Waals surface area contributed by atoms with Crippen molar-refractivity contribution in [3.05, 3.63) is 64.1 Å². The topological polar surface area (TPSA) is 55.4 Å². The second kappa shape index (κ2) is 7.11. The molecule has 0 spiro atoms. The number of carbonyl (C=O) groups excluding carboxylic acids is 2. The SMILES string of the molecule is O=C(COC(=O)c1ccccc1)Nc1ccc(Cl)c(Cl)c1. The molecule has 6 heteroatoms. The molecule has 0 saturated carbocycles. The first kappa shape index (κ1) is 15.4. The molecule has 0 unspecified atom stereocenters. The fraction of sp³-hybridized carbons (Fsp3) is 0.0667. The van der Waals surface area contributed by atoms with E-state index in [2.05, 4.69) is 5.32 Å². The van der Waals surface area contributed by atoms with Crippen LogP contribution in [0.5, 0.6) is 0 Å². The van der Waals surface area contributed by atoms with Crippen LogP contribution in [0.3, 0.4) is 0 Å². The summed E-state index contributed by atoms with van der Waals surface area (Å²) in [4.78, 5) is 23.3. The summed E-state index contributed by atoms with van der Waals surface area (Å²) >= 11 is 11.6. The van der Waals surface area contributed by atoms with Crippen LogP contribution in [0.2, 0.25) is 10.0 Å². The number of ether oxygens (including phenoxy) is 1. The maximum Gasteiger partial charge on any atom is 0.338 e. The van der Waals surface area contributed by atoms with Gasteiger partial charge in [-0.1, -0.05) is 41.4 Å². The molecule has 0 aromatic heterocycles. The normalized spacial score (nSPS) is 10.0. The third-order valence-corrected chi connectivity index (χ3v) is 3.29. The Kier molecular flexibility index (Phi) is 5.20. The summed E-state index contributed by atoms with van der Waals surface area (Å²) in [6.45, 7) is -0.381. The van der Waals surface area contributed by atoms with E-state index in [1.54, 1.807) is 42.5 Å². The van der Waals surface area contributed by atoms with Crippen molar-refractivity contribution in [3.8, 4) is 0 Å². The minimum atomic E-state index is -0.556. The van der Waals surface area contributed by atoms with Gasteiger partial charge in [-0.15, -0.1) is 0 Å².